The van der Waals surface area contributed by atoms with Crippen LogP contribution in [0.2, 0.25) is 0 Å². The highest BCUT2D eigenvalue weighted by atomic mass is 32.2. The van der Waals surface area contributed by atoms with Crippen molar-refractivity contribution in [3.8, 4) is 0 Å². The molecule has 1 aromatic heterocycles. The van der Waals surface area contributed by atoms with Gasteiger partial charge in [0, 0.05) is 20.2 Å². The van der Waals surface area contributed by atoms with E-state index in [-0.39, 0.29) is 17.6 Å². The van der Waals surface area contributed by atoms with Gasteiger partial charge in [-0.2, -0.15) is 4.31 Å². The maximum Gasteiger partial charge on any atom is 0.244 e. The zero-order valence-electron chi connectivity index (χ0n) is 11.1. The van der Waals surface area contributed by atoms with E-state index in [0.29, 0.717) is 36.4 Å². The monoisotopic (exact) mass is 305 g/mol. The predicted molar refractivity (Wildman–Crippen MR) is 73.8 cm³/mol. The Morgan fingerprint density at radius 1 is 1.47 bits per heavy atom. The zero-order chi connectivity index (χ0) is 14.0. The quantitative estimate of drug-likeness (QED) is 0.912. The number of thiophene rings is 1. The third-order valence-corrected chi connectivity index (χ3v) is 6.81. The number of methoxy groups -OCH3 is 1. The number of rotatable bonds is 4. The minimum atomic E-state index is -3.50. The van der Waals surface area contributed by atoms with Gasteiger partial charge in [-0.1, -0.05) is 0 Å². The molecular formula is C12H19NO4S2. The fourth-order valence-electron chi connectivity index (χ4n) is 2.38. The van der Waals surface area contributed by atoms with Crippen molar-refractivity contribution >= 4 is 21.4 Å². The minimum absolute atomic E-state index is 0.146. The highest BCUT2D eigenvalue weighted by Gasteiger charge is 2.32. The van der Waals surface area contributed by atoms with E-state index in [0.717, 1.165) is 0 Å². The normalized spacial score (nSPS) is 18.9. The molecule has 0 unspecified atom stereocenters. The molecule has 1 N–H and O–H groups in total. The molecule has 19 heavy (non-hydrogen) atoms. The summed E-state index contributed by atoms with van der Waals surface area (Å²) in [5, 5.41) is 11.1. The number of aliphatic hydroxyl groups is 1. The van der Waals surface area contributed by atoms with Crippen LogP contribution in [0.1, 0.15) is 23.3 Å². The van der Waals surface area contributed by atoms with Crippen molar-refractivity contribution in [2.75, 3.05) is 20.2 Å². The Kier molecular flexibility index (Phi) is 4.62. The Morgan fingerprint density at radius 2 is 2.11 bits per heavy atom. The molecule has 7 heteroatoms. The molecule has 0 radical (unpaired) electrons. The van der Waals surface area contributed by atoms with Gasteiger partial charge in [-0.05, 0) is 30.7 Å². The SMILES string of the molecule is COC1CCN(S(=O)(=O)c2c(C)csc2CO)CC1. The van der Waals surface area contributed by atoms with Crippen LogP contribution in [0.3, 0.4) is 0 Å². The largest absolute Gasteiger partial charge is 0.391 e. The van der Waals surface area contributed by atoms with E-state index < -0.39 is 10.0 Å². The molecule has 0 bridgehead atoms. The van der Waals surface area contributed by atoms with Crippen LogP contribution in [0.5, 0.6) is 0 Å². The highest BCUT2D eigenvalue weighted by Crippen LogP contribution is 2.31. The summed E-state index contributed by atoms with van der Waals surface area (Å²) in [4.78, 5) is 0.808. The molecule has 1 saturated heterocycles. The van der Waals surface area contributed by atoms with Crippen molar-refractivity contribution in [2.45, 2.75) is 37.4 Å². The van der Waals surface area contributed by atoms with Gasteiger partial charge in [0.25, 0.3) is 0 Å². The molecule has 108 valence electrons. The fourth-order valence-corrected chi connectivity index (χ4v) is 5.46. The fraction of sp³-hybridized carbons (Fsp3) is 0.667. The number of ether oxygens (including phenoxy) is 1. The first-order valence-corrected chi connectivity index (χ1v) is 8.53. The third-order valence-electron chi connectivity index (χ3n) is 3.47. The van der Waals surface area contributed by atoms with Gasteiger partial charge in [0.1, 0.15) is 4.90 Å². The van der Waals surface area contributed by atoms with Gasteiger partial charge in [0.2, 0.25) is 10.0 Å². The summed E-state index contributed by atoms with van der Waals surface area (Å²) in [6.07, 6.45) is 1.58. The number of piperidine rings is 1. The predicted octanol–water partition coefficient (Wildman–Crippen LogP) is 1.35. The molecule has 1 aromatic rings. The number of nitrogens with zero attached hydrogens (tertiary/aromatic N) is 1. The summed E-state index contributed by atoms with van der Waals surface area (Å²) in [5.74, 6) is 0. The maximum atomic E-state index is 12.6. The van der Waals surface area contributed by atoms with Gasteiger partial charge in [0.15, 0.2) is 0 Å². The second-order valence-electron chi connectivity index (χ2n) is 4.67. The van der Waals surface area contributed by atoms with Gasteiger partial charge in [-0.3, -0.25) is 0 Å². The molecule has 1 aliphatic rings. The molecule has 2 rings (SSSR count). The smallest absolute Gasteiger partial charge is 0.244 e. The van der Waals surface area contributed by atoms with Crippen molar-refractivity contribution in [1.82, 2.24) is 4.31 Å². The Morgan fingerprint density at radius 3 is 2.63 bits per heavy atom. The number of aliphatic hydroxyl groups excluding tert-OH is 1. The van der Waals surface area contributed by atoms with Gasteiger partial charge in [-0.15, -0.1) is 11.3 Å². The minimum Gasteiger partial charge on any atom is -0.391 e. The number of sulfonamides is 1. The van der Waals surface area contributed by atoms with Gasteiger partial charge < -0.3 is 9.84 Å². The van der Waals surface area contributed by atoms with Crippen LogP contribution in [-0.2, 0) is 21.4 Å². The van der Waals surface area contributed by atoms with Crippen LogP contribution in [0.4, 0.5) is 0 Å². The van der Waals surface area contributed by atoms with Crippen molar-refractivity contribution in [3.05, 3.63) is 15.8 Å². The first-order chi connectivity index (χ1) is 9.00. The Balaban J connectivity index is 2.26. The molecule has 0 atom stereocenters. The summed E-state index contributed by atoms with van der Waals surface area (Å²) in [7, 11) is -1.84. The summed E-state index contributed by atoms with van der Waals surface area (Å²) in [6.45, 7) is 2.48. The van der Waals surface area contributed by atoms with Crippen LogP contribution < -0.4 is 0 Å². The topological polar surface area (TPSA) is 66.8 Å². The Hall–Kier alpha value is -0.470. The molecule has 5 nitrogen and oxygen atoms in total. The molecule has 0 saturated carbocycles. The van der Waals surface area contributed by atoms with Gasteiger partial charge in [0.05, 0.1) is 17.6 Å². The first kappa shape index (κ1) is 14.9. The van der Waals surface area contributed by atoms with Crippen LogP contribution in [0.15, 0.2) is 10.3 Å². The molecule has 2 heterocycles. The number of hydrogen-bond donors (Lipinski definition) is 1. The lowest BCUT2D eigenvalue weighted by Crippen LogP contribution is -2.40. The van der Waals surface area contributed by atoms with Crippen molar-refractivity contribution in [1.29, 1.82) is 0 Å². The van der Waals surface area contributed by atoms with Crippen molar-refractivity contribution < 1.29 is 18.3 Å². The van der Waals surface area contributed by atoms with E-state index >= 15 is 0 Å². The van der Waals surface area contributed by atoms with Gasteiger partial charge >= 0.3 is 0 Å². The summed E-state index contributed by atoms with van der Waals surface area (Å²) in [5.41, 5.74) is 0.711. The Bertz CT molecular complexity index is 530. The molecule has 0 spiro atoms. The highest BCUT2D eigenvalue weighted by molar-refractivity contribution is 7.89. The lowest BCUT2D eigenvalue weighted by molar-refractivity contribution is 0.0604. The standard InChI is InChI=1S/C12H19NO4S2/c1-9-8-18-11(7-14)12(9)19(15,16)13-5-3-10(17-2)4-6-13/h8,10,14H,3-7H2,1-2H3. The van der Waals surface area contributed by atoms with E-state index in [2.05, 4.69) is 0 Å². The van der Waals surface area contributed by atoms with Crippen LogP contribution >= 0.6 is 11.3 Å². The van der Waals surface area contributed by atoms with Crippen LogP contribution in [0, 0.1) is 6.92 Å². The molecule has 1 fully saturated rings. The van der Waals surface area contributed by atoms with E-state index in [1.807, 2.05) is 0 Å². The van der Waals surface area contributed by atoms with E-state index in [9.17, 15) is 13.5 Å². The van der Waals surface area contributed by atoms with E-state index in [4.69, 9.17) is 4.74 Å². The molecule has 1 aliphatic heterocycles. The lowest BCUT2D eigenvalue weighted by atomic mass is 10.1. The average molecular weight is 305 g/mol. The lowest BCUT2D eigenvalue weighted by Gasteiger charge is -2.30. The summed E-state index contributed by atoms with van der Waals surface area (Å²) < 4.78 is 32.0. The van der Waals surface area contributed by atoms with Crippen LogP contribution in [-0.4, -0.2) is 44.1 Å². The number of aryl methyl sites for hydroxylation is 1. The summed E-state index contributed by atoms with van der Waals surface area (Å²) >= 11 is 1.29. The molecule has 0 aliphatic carbocycles. The maximum absolute atomic E-state index is 12.6. The molecular weight excluding hydrogens is 286 g/mol. The van der Waals surface area contributed by atoms with E-state index in [1.54, 1.807) is 19.4 Å². The van der Waals surface area contributed by atoms with Crippen molar-refractivity contribution in [2.24, 2.45) is 0 Å². The van der Waals surface area contributed by atoms with Crippen molar-refractivity contribution in [3.63, 3.8) is 0 Å². The Labute approximate surface area is 117 Å². The molecule has 0 aromatic carbocycles. The first-order valence-electron chi connectivity index (χ1n) is 6.21. The second kappa shape index (κ2) is 5.88. The average Bonchev–Trinajstić information content (AvgIpc) is 2.80. The zero-order valence-corrected chi connectivity index (χ0v) is 12.8. The second-order valence-corrected chi connectivity index (χ2v) is 7.51. The van der Waals surface area contributed by atoms with Crippen LogP contribution in [0.25, 0.3) is 0 Å². The summed E-state index contributed by atoms with van der Waals surface area (Å²) in [6, 6.07) is 0. The molecule has 0 amide bonds. The van der Waals surface area contributed by atoms with E-state index in [1.165, 1.54) is 15.6 Å². The third kappa shape index (κ3) is 2.85. The number of hydrogen-bond acceptors (Lipinski definition) is 5. The van der Waals surface area contributed by atoms with Gasteiger partial charge in [-0.25, -0.2) is 8.42 Å².